The molecule has 0 aliphatic heterocycles. The largest absolute Gasteiger partial charge is 0.493 e. The Labute approximate surface area is 133 Å². The number of esters is 1. The Hall–Kier alpha value is -3.02. The highest BCUT2D eigenvalue weighted by molar-refractivity contribution is 5.88. The molecular formula is C17H16O6. The van der Waals surface area contributed by atoms with Crippen LogP contribution in [0.3, 0.4) is 0 Å². The second-order valence-electron chi connectivity index (χ2n) is 4.61. The number of methoxy groups -OCH3 is 1. The summed E-state index contributed by atoms with van der Waals surface area (Å²) in [7, 11) is 1.43. The van der Waals surface area contributed by atoms with Crippen LogP contribution in [0.5, 0.6) is 11.5 Å². The van der Waals surface area contributed by atoms with Crippen molar-refractivity contribution < 1.29 is 28.9 Å². The molecule has 0 saturated carbocycles. The van der Waals surface area contributed by atoms with Gasteiger partial charge < -0.3 is 19.3 Å². The number of carbonyl (C=O) groups is 2. The van der Waals surface area contributed by atoms with Crippen LogP contribution in [0.25, 0.3) is 0 Å². The van der Waals surface area contributed by atoms with Crippen molar-refractivity contribution in [2.45, 2.75) is 6.61 Å². The highest BCUT2D eigenvalue weighted by Gasteiger charge is 2.12. The summed E-state index contributed by atoms with van der Waals surface area (Å²) in [6.45, 7) is -0.193. The number of benzene rings is 2. The second kappa shape index (κ2) is 7.84. The summed E-state index contributed by atoms with van der Waals surface area (Å²) in [6, 6.07) is 13.4. The highest BCUT2D eigenvalue weighted by atomic mass is 16.6. The topological polar surface area (TPSA) is 82.1 Å². The standard InChI is InChI=1S/C17H16O6/c1-21-14-8-7-13(17(19)20)9-15(14)22-11-16(18)23-10-12-5-3-2-4-6-12/h2-9H,10-11H2,1H3,(H,19,20). The number of carboxylic acid groups (broad SMARTS) is 1. The van der Waals surface area contributed by atoms with Gasteiger partial charge in [-0.05, 0) is 23.8 Å². The maximum Gasteiger partial charge on any atom is 0.344 e. The zero-order valence-corrected chi connectivity index (χ0v) is 12.5. The van der Waals surface area contributed by atoms with E-state index in [-0.39, 0.29) is 24.5 Å². The Kier molecular flexibility index (Phi) is 5.57. The first-order valence-corrected chi connectivity index (χ1v) is 6.84. The SMILES string of the molecule is COc1ccc(C(=O)O)cc1OCC(=O)OCc1ccccc1. The Balaban J connectivity index is 1.93. The molecule has 0 radical (unpaired) electrons. The van der Waals surface area contributed by atoms with E-state index < -0.39 is 11.9 Å². The van der Waals surface area contributed by atoms with Crippen LogP contribution in [0.4, 0.5) is 0 Å². The van der Waals surface area contributed by atoms with Crippen molar-refractivity contribution >= 4 is 11.9 Å². The Morgan fingerprint density at radius 1 is 1.04 bits per heavy atom. The third kappa shape index (κ3) is 4.74. The predicted molar refractivity (Wildman–Crippen MR) is 81.7 cm³/mol. The monoisotopic (exact) mass is 316 g/mol. The molecule has 0 unspecified atom stereocenters. The van der Waals surface area contributed by atoms with Crippen LogP contribution in [-0.4, -0.2) is 30.8 Å². The van der Waals surface area contributed by atoms with Crippen molar-refractivity contribution in [1.82, 2.24) is 0 Å². The molecule has 0 aromatic heterocycles. The lowest BCUT2D eigenvalue weighted by Crippen LogP contribution is -2.15. The number of hydrogen-bond donors (Lipinski definition) is 1. The molecule has 6 heteroatoms. The summed E-state index contributed by atoms with van der Waals surface area (Å²) >= 11 is 0. The minimum Gasteiger partial charge on any atom is -0.493 e. The van der Waals surface area contributed by atoms with E-state index in [0.29, 0.717) is 5.75 Å². The average molecular weight is 316 g/mol. The first-order chi connectivity index (χ1) is 11.1. The molecule has 1 N–H and O–H groups in total. The first kappa shape index (κ1) is 16.4. The summed E-state index contributed by atoms with van der Waals surface area (Å²) in [5.74, 6) is -1.14. The predicted octanol–water partition coefficient (Wildman–Crippen LogP) is 2.52. The first-order valence-electron chi connectivity index (χ1n) is 6.84. The lowest BCUT2D eigenvalue weighted by molar-refractivity contribution is -0.147. The lowest BCUT2D eigenvalue weighted by atomic mass is 10.2. The zero-order valence-electron chi connectivity index (χ0n) is 12.5. The van der Waals surface area contributed by atoms with Crippen molar-refractivity contribution in [3.8, 4) is 11.5 Å². The molecule has 0 amide bonds. The van der Waals surface area contributed by atoms with E-state index in [2.05, 4.69) is 0 Å². The average Bonchev–Trinajstić information content (AvgIpc) is 2.58. The molecule has 6 nitrogen and oxygen atoms in total. The van der Waals surface area contributed by atoms with Crippen molar-refractivity contribution in [3.63, 3.8) is 0 Å². The lowest BCUT2D eigenvalue weighted by Gasteiger charge is -2.11. The quantitative estimate of drug-likeness (QED) is 0.790. The minimum absolute atomic E-state index is 0.0402. The van der Waals surface area contributed by atoms with E-state index in [4.69, 9.17) is 19.3 Å². The van der Waals surface area contributed by atoms with Gasteiger partial charge in [0.25, 0.3) is 0 Å². The summed E-state index contributed by atoms with van der Waals surface area (Å²) in [6.07, 6.45) is 0. The van der Waals surface area contributed by atoms with Gasteiger partial charge >= 0.3 is 11.9 Å². The van der Waals surface area contributed by atoms with Gasteiger partial charge in [0.05, 0.1) is 12.7 Å². The number of hydrogen-bond acceptors (Lipinski definition) is 5. The maximum atomic E-state index is 11.7. The van der Waals surface area contributed by atoms with Gasteiger partial charge in [0.1, 0.15) is 6.61 Å². The molecule has 0 saturated heterocycles. The fourth-order valence-electron chi connectivity index (χ4n) is 1.84. The molecule has 2 aromatic rings. The molecule has 0 bridgehead atoms. The van der Waals surface area contributed by atoms with Crippen LogP contribution < -0.4 is 9.47 Å². The maximum absolute atomic E-state index is 11.7. The molecule has 0 fully saturated rings. The van der Waals surface area contributed by atoms with Gasteiger partial charge in [0.2, 0.25) is 0 Å². The van der Waals surface area contributed by atoms with E-state index in [9.17, 15) is 9.59 Å². The van der Waals surface area contributed by atoms with Crippen LogP contribution >= 0.6 is 0 Å². The van der Waals surface area contributed by atoms with E-state index in [1.807, 2.05) is 30.3 Å². The number of ether oxygens (including phenoxy) is 3. The molecule has 0 atom stereocenters. The Morgan fingerprint density at radius 3 is 2.43 bits per heavy atom. The number of carbonyl (C=O) groups excluding carboxylic acids is 1. The van der Waals surface area contributed by atoms with Crippen LogP contribution in [0.1, 0.15) is 15.9 Å². The third-order valence-corrected chi connectivity index (χ3v) is 3.00. The molecule has 0 aliphatic carbocycles. The smallest absolute Gasteiger partial charge is 0.344 e. The molecule has 23 heavy (non-hydrogen) atoms. The minimum atomic E-state index is -1.09. The number of rotatable bonds is 7. The van der Waals surface area contributed by atoms with E-state index in [1.54, 1.807) is 0 Å². The van der Waals surface area contributed by atoms with Gasteiger partial charge in [-0.2, -0.15) is 0 Å². The third-order valence-electron chi connectivity index (χ3n) is 3.00. The van der Waals surface area contributed by atoms with Crippen molar-refractivity contribution in [2.24, 2.45) is 0 Å². The van der Waals surface area contributed by atoms with Crippen LogP contribution in [-0.2, 0) is 16.1 Å². The fourth-order valence-corrected chi connectivity index (χ4v) is 1.84. The van der Waals surface area contributed by atoms with E-state index >= 15 is 0 Å². The Bertz CT molecular complexity index is 681. The van der Waals surface area contributed by atoms with Gasteiger partial charge in [0, 0.05) is 0 Å². The Morgan fingerprint density at radius 2 is 1.78 bits per heavy atom. The van der Waals surface area contributed by atoms with Crippen molar-refractivity contribution in [1.29, 1.82) is 0 Å². The summed E-state index contributed by atoms with van der Waals surface area (Å²) in [4.78, 5) is 22.7. The zero-order chi connectivity index (χ0) is 16.7. The molecule has 0 heterocycles. The van der Waals surface area contributed by atoms with Gasteiger partial charge in [-0.1, -0.05) is 30.3 Å². The van der Waals surface area contributed by atoms with Gasteiger partial charge in [-0.25, -0.2) is 9.59 Å². The van der Waals surface area contributed by atoms with Crippen molar-refractivity contribution in [3.05, 3.63) is 59.7 Å². The van der Waals surface area contributed by atoms with E-state index in [0.717, 1.165) is 5.56 Å². The van der Waals surface area contributed by atoms with Gasteiger partial charge in [0.15, 0.2) is 18.1 Å². The normalized spacial score (nSPS) is 9.96. The summed E-state index contributed by atoms with van der Waals surface area (Å²) in [5.41, 5.74) is 0.907. The molecule has 0 spiro atoms. The van der Waals surface area contributed by atoms with Crippen LogP contribution in [0.15, 0.2) is 48.5 Å². The fraction of sp³-hybridized carbons (Fsp3) is 0.176. The molecular weight excluding hydrogens is 300 g/mol. The highest BCUT2D eigenvalue weighted by Crippen LogP contribution is 2.28. The van der Waals surface area contributed by atoms with Crippen molar-refractivity contribution in [2.75, 3.05) is 13.7 Å². The van der Waals surface area contributed by atoms with E-state index in [1.165, 1.54) is 25.3 Å². The van der Waals surface area contributed by atoms with Crippen LogP contribution in [0, 0.1) is 0 Å². The van der Waals surface area contributed by atoms with Gasteiger partial charge in [-0.15, -0.1) is 0 Å². The van der Waals surface area contributed by atoms with Crippen LogP contribution in [0.2, 0.25) is 0 Å². The molecule has 2 aromatic carbocycles. The second-order valence-corrected chi connectivity index (χ2v) is 4.61. The van der Waals surface area contributed by atoms with Gasteiger partial charge in [-0.3, -0.25) is 0 Å². The summed E-state index contributed by atoms with van der Waals surface area (Å²) < 4.78 is 15.5. The molecule has 120 valence electrons. The number of aromatic carboxylic acids is 1. The number of carboxylic acids is 1. The molecule has 2 rings (SSSR count). The molecule has 0 aliphatic rings. The summed E-state index contributed by atoms with van der Waals surface area (Å²) in [5, 5.41) is 8.97.